The number of aromatic hydroxyl groups is 1. The molecule has 1 aliphatic carbocycles. The molecule has 1 aliphatic rings. The van der Waals surface area contributed by atoms with E-state index in [1.54, 1.807) is 36.1 Å². The number of phenols is 1. The number of hydrogen-bond acceptors (Lipinski definition) is 2. The van der Waals surface area contributed by atoms with Crippen LogP contribution < -0.4 is 0 Å². The van der Waals surface area contributed by atoms with Crippen LogP contribution in [-0.2, 0) is 0 Å². The Hall–Kier alpha value is -1.77. The van der Waals surface area contributed by atoms with Gasteiger partial charge in [0.2, 0.25) is 0 Å². The molecule has 0 atom stereocenters. The number of carbonyl (C=O) groups excluding carboxylic acids is 1. The van der Waals surface area contributed by atoms with Crippen molar-refractivity contribution in [3.8, 4) is 5.75 Å². The van der Waals surface area contributed by atoms with Gasteiger partial charge in [-0.15, -0.1) is 6.58 Å². The molecule has 1 N–H and O–H groups in total. The Morgan fingerprint density at radius 1 is 1.59 bits per heavy atom. The molecule has 3 nitrogen and oxygen atoms in total. The van der Waals surface area contributed by atoms with E-state index in [2.05, 4.69) is 6.58 Å². The maximum absolute atomic E-state index is 12.3. The zero-order valence-electron chi connectivity index (χ0n) is 10.0. The quantitative estimate of drug-likeness (QED) is 0.809. The summed E-state index contributed by atoms with van der Waals surface area (Å²) in [6.07, 6.45) is 3.82. The summed E-state index contributed by atoms with van der Waals surface area (Å²) in [6.45, 7) is 6.00. The highest BCUT2D eigenvalue weighted by atomic mass is 16.3. The lowest BCUT2D eigenvalue weighted by atomic mass is 10.1. The Kier molecular flexibility index (Phi) is 3.18. The van der Waals surface area contributed by atoms with Crippen molar-refractivity contribution in [2.45, 2.75) is 25.8 Å². The minimum absolute atomic E-state index is 0.0900. The predicted octanol–water partition coefficient (Wildman–Crippen LogP) is 2.49. The van der Waals surface area contributed by atoms with Gasteiger partial charge in [0, 0.05) is 12.6 Å². The van der Waals surface area contributed by atoms with Gasteiger partial charge >= 0.3 is 0 Å². The maximum atomic E-state index is 12.3. The molecule has 1 aromatic carbocycles. The van der Waals surface area contributed by atoms with Crippen molar-refractivity contribution in [3.05, 3.63) is 42.0 Å². The zero-order valence-corrected chi connectivity index (χ0v) is 10.0. The molecule has 90 valence electrons. The van der Waals surface area contributed by atoms with Gasteiger partial charge in [-0.05, 0) is 31.4 Å². The van der Waals surface area contributed by atoms with Gasteiger partial charge in [-0.1, -0.05) is 18.2 Å². The number of amides is 1. The van der Waals surface area contributed by atoms with E-state index in [4.69, 9.17) is 0 Å². The van der Waals surface area contributed by atoms with E-state index >= 15 is 0 Å². The summed E-state index contributed by atoms with van der Waals surface area (Å²) in [7, 11) is 0. The second-order valence-electron chi connectivity index (χ2n) is 4.45. The minimum Gasteiger partial charge on any atom is -0.507 e. The maximum Gasteiger partial charge on any atom is 0.258 e. The number of para-hydroxylation sites is 1. The first-order valence-corrected chi connectivity index (χ1v) is 5.85. The van der Waals surface area contributed by atoms with Gasteiger partial charge in [0.05, 0.1) is 5.56 Å². The van der Waals surface area contributed by atoms with Crippen molar-refractivity contribution in [3.63, 3.8) is 0 Å². The van der Waals surface area contributed by atoms with Crippen LogP contribution >= 0.6 is 0 Å². The number of carbonyl (C=O) groups is 1. The fourth-order valence-electron chi connectivity index (χ4n) is 1.91. The monoisotopic (exact) mass is 231 g/mol. The second kappa shape index (κ2) is 4.62. The van der Waals surface area contributed by atoms with Crippen LogP contribution in [0.5, 0.6) is 5.75 Å². The van der Waals surface area contributed by atoms with Crippen molar-refractivity contribution < 1.29 is 9.90 Å². The molecule has 0 aromatic heterocycles. The van der Waals surface area contributed by atoms with Crippen LogP contribution in [0.3, 0.4) is 0 Å². The summed E-state index contributed by atoms with van der Waals surface area (Å²) in [5, 5.41) is 9.91. The van der Waals surface area contributed by atoms with Crippen molar-refractivity contribution in [1.82, 2.24) is 4.90 Å². The molecule has 2 rings (SSSR count). The fraction of sp³-hybridized carbons (Fsp3) is 0.357. The first kappa shape index (κ1) is 11.7. The molecule has 0 bridgehead atoms. The smallest absolute Gasteiger partial charge is 0.258 e. The van der Waals surface area contributed by atoms with Gasteiger partial charge in [0.25, 0.3) is 5.91 Å². The van der Waals surface area contributed by atoms with Gasteiger partial charge in [0.15, 0.2) is 0 Å². The van der Waals surface area contributed by atoms with Crippen LogP contribution in [0, 0.1) is 6.92 Å². The molecule has 0 aliphatic heterocycles. The number of aryl methyl sites for hydroxylation is 1. The Morgan fingerprint density at radius 3 is 2.88 bits per heavy atom. The van der Waals surface area contributed by atoms with Gasteiger partial charge in [-0.3, -0.25) is 4.79 Å². The number of nitrogens with zero attached hydrogens (tertiary/aromatic N) is 1. The summed E-state index contributed by atoms with van der Waals surface area (Å²) < 4.78 is 0. The molecule has 1 saturated carbocycles. The molecular formula is C14H17NO2. The molecule has 0 heterocycles. The number of benzene rings is 1. The van der Waals surface area contributed by atoms with Crippen LogP contribution in [0.25, 0.3) is 0 Å². The average Bonchev–Trinajstić information content (AvgIpc) is 3.13. The summed E-state index contributed by atoms with van der Waals surface area (Å²) >= 11 is 0. The van der Waals surface area contributed by atoms with Gasteiger partial charge in [0.1, 0.15) is 5.75 Å². The standard InChI is InChI=1S/C14H17NO2/c1-3-9-15(11-7-8-11)14(17)12-6-4-5-10(2)13(12)16/h3-6,11,16H,1,7-9H2,2H3. The van der Waals surface area contributed by atoms with Crippen molar-refractivity contribution in [1.29, 1.82) is 0 Å². The molecule has 1 amide bonds. The lowest BCUT2D eigenvalue weighted by molar-refractivity contribution is 0.0759. The Balaban J connectivity index is 2.28. The summed E-state index contributed by atoms with van der Waals surface area (Å²) in [5.41, 5.74) is 1.11. The highest BCUT2D eigenvalue weighted by molar-refractivity contribution is 5.97. The first-order chi connectivity index (χ1) is 8.15. The lowest BCUT2D eigenvalue weighted by Crippen LogP contribution is -2.33. The highest BCUT2D eigenvalue weighted by Crippen LogP contribution is 2.30. The Bertz CT molecular complexity index is 450. The molecule has 1 aromatic rings. The fourth-order valence-corrected chi connectivity index (χ4v) is 1.91. The molecule has 0 spiro atoms. The largest absolute Gasteiger partial charge is 0.507 e. The van der Waals surface area contributed by atoms with Gasteiger partial charge in [-0.2, -0.15) is 0 Å². The lowest BCUT2D eigenvalue weighted by Gasteiger charge is -2.21. The van der Waals surface area contributed by atoms with E-state index in [0.29, 0.717) is 18.2 Å². The Labute approximate surface area is 101 Å². The number of phenolic OH excluding ortho intramolecular Hbond substituents is 1. The molecule has 0 radical (unpaired) electrons. The molecule has 3 heteroatoms. The van der Waals surface area contributed by atoms with E-state index in [0.717, 1.165) is 18.4 Å². The van der Waals surface area contributed by atoms with Gasteiger partial charge in [-0.25, -0.2) is 0 Å². The third-order valence-electron chi connectivity index (χ3n) is 3.04. The van der Waals surface area contributed by atoms with Crippen LogP contribution in [0.4, 0.5) is 0 Å². The number of rotatable bonds is 4. The first-order valence-electron chi connectivity index (χ1n) is 5.85. The van der Waals surface area contributed by atoms with Crippen LogP contribution in [0.15, 0.2) is 30.9 Å². The molecule has 0 saturated heterocycles. The molecule has 1 fully saturated rings. The van der Waals surface area contributed by atoms with Crippen LogP contribution in [-0.4, -0.2) is 28.5 Å². The Morgan fingerprint density at radius 2 is 2.29 bits per heavy atom. The summed E-state index contributed by atoms with van der Waals surface area (Å²) in [4.78, 5) is 14.1. The predicted molar refractivity (Wildman–Crippen MR) is 67.1 cm³/mol. The minimum atomic E-state index is -0.103. The average molecular weight is 231 g/mol. The third-order valence-corrected chi connectivity index (χ3v) is 3.04. The summed E-state index contributed by atoms with van der Waals surface area (Å²) in [5.74, 6) is -0.0131. The van der Waals surface area contributed by atoms with Crippen molar-refractivity contribution >= 4 is 5.91 Å². The topological polar surface area (TPSA) is 40.5 Å². The van der Waals surface area contributed by atoms with E-state index in [-0.39, 0.29) is 11.7 Å². The third kappa shape index (κ3) is 2.33. The van der Waals surface area contributed by atoms with Crippen molar-refractivity contribution in [2.75, 3.05) is 6.54 Å². The van der Waals surface area contributed by atoms with Crippen molar-refractivity contribution in [2.24, 2.45) is 0 Å². The van der Waals surface area contributed by atoms with Crippen LogP contribution in [0.2, 0.25) is 0 Å². The molecule has 0 unspecified atom stereocenters. The molecular weight excluding hydrogens is 214 g/mol. The number of hydrogen-bond donors (Lipinski definition) is 1. The zero-order chi connectivity index (χ0) is 12.4. The van der Waals surface area contributed by atoms with E-state index in [1.807, 2.05) is 0 Å². The van der Waals surface area contributed by atoms with E-state index in [1.165, 1.54) is 0 Å². The molecule has 17 heavy (non-hydrogen) atoms. The van der Waals surface area contributed by atoms with E-state index in [9.17, 15) is 9.90 Å². The highest BCUT2D eigenvalue weighted by Gasteiger charge is 2.33. The van der Waals surface area contributed by atoms with Crippen LogP contribution in [0.1, 0.15) is 28.8 Å². The normalized spacial score (nSPS) is 14.4. The SMILES string of the molecule is C=CCN(C(=O)c1cccc(C)c1O)C1CC1. The van der Waals surface area contributed by atoms with E-state index < -0.39 is 0 Å². The van der Waals surface area contributed by atoms with Gasteiger partial charge < -0.3 is 10.0 Å². The second-order valence-corrected chi connectivity index (χ2v) is 4.45. The summed E-state index contributed by atoms with van der Waals surface area (Å²) in [6, 6.07) is 5.58.